The van der Waals surface area contributed by atoms with Crippen LogP contribution in [0.1, 0.15) is 22.8 Å². The number of aldehydes is 1. The van der Waals surface area contributed by atoms with Crippen molar-refractivity contribution < 1.29 is 27.8 Å². The van der Waals surface area contributed by atoms with Gasteiger partial charge in [0.25, 0.3) is 5.91 Å². The van der Waals surface area contributed by atoms with Crippen LogP contribution in [-0.4, -0.2) is 32.0 Å². The molecule has 2 aromatic carbocycles. The first kappa shape index (κ1) is 19.4. The molecule has 7 heteroatoms. The molecular formula is C19H19F2NO4. The maximum absolute atomic E-state index is 13.5. The summed E-state index contributed by atoms with van der Waals surface area (Å²) in [6, 6.07) is 8.22. The number of amides is 1. The van der Waals surface area contributed by atoms with Gasteiger partial charge in [-0.3, -0.25) is 9.59 Å². The highest BCUT2D eigenvalue weighted by molar-refractivity contribution is 5.78. The highest BCUT2D eigenvalue weighted by Crippen LogP contribution is 2.27. The molecule has 26 heavy (non-hydrogen) atoms. The number of benzene rings is 2. The monoisotopic (exact) mass is 363 g/mol. The van der Waals surface area contributed by atoms with Crippen molar-refractivity contribution in [2.45, 2.75) is 13.3 Å². The van der Waals surface area contributed by atoms with Gasteiger partial charge >= 0.3 is 0 Å². The van der Waals surface area contributed by atoms with Crippen molar-refractivity contribution in [2.24, 2.45) is 0 Å². The molecule has 2 aromatic rings. The zero-order chi connectivity index (χ0) is 18.9. The van der Waals surface area contributed by atoms with Crippen molar-refractivity contribution in [1.82, 2.24) is 5.32 Å². The van der Waals surface area contributed by atoms with E-state index in [1.54, 1.807) is 13.0 Å². The van der Waals surface area contributed by atoms with E-state index in [-0.39, 0.29) is 25.1 Å². The van der Waals surface area contributed by atoms with E-state index < -0.39 is 17.5 Å². The molecule has 0 aliphatic carbocycles. The zero-order valence-corrected chi connectivity index (χ0v) is 14.3. The number of ether oxygens (including phenoxy) is 2. The van der Waals surface area contributed by atoms with Gasteiger partial charge < -0.3 is 14.8 Å². The molecule has 0 spiro atoms. The van der Waals surface area contributed by atoms with Gasteiger partial charge in [-0.25, -0.2) is 8.78 Å². The molecule has 0 unspecified atom stereocenters. The van der Waals surface area contributed by atoms with E-state index in [0.29, 0.717) is 30.0 Å². The minimum absolute atomic E-state index is 0.0302. The summed E-state index contributed by atoms with van der Waals surface area (Å²) in [5, 5.41) is 2.54. The van der Waals surface area contributed by atoms with Gasteiger partial charge in [0.2, 0.25) is 0 Å². The highest BCUT2D eigenvalue weighted by atomic mass is 19.1. The number of halogens is 2. The van der Waals surface area contributed by atoms with Crippen molar-refractivity contribution >= 4 is 12.2 Å². The first-order valence-corrected chi connectivity index (χ1v) is 8.09. The average Bonchev–Trinajstić information content (AvgIpc) is 2.63. The van der Waals surface area contributed by atoms with Crippen LogP contribution in [0, 0.1) is 11.6 Å². The van der Waals surface area contributed by atoms with Gasteiger partial charge in [0.1, 0.15) is 17.9 Å². The predicted octanol–water partition coefficient (Wildman–Crippen LogP) is 2.91. The summed E-state index contributed by atoms with van der Waals surface area (Å²) in [6.07, 6.45) is 0.712. The fourth-order valence-corrected chi connectivity index (χ4v) is 2.28. The van der Waals surface area contributed by atoms with Crippen molar-refractivity contribution in [3.8, 4) is 11.5 Å². The lowest BCUT2D eigenvalue weighted by Gasteiger charge is -2.12. The Morgan fingerprint density at radius 3 is 2.50 bits per heavy atom. The molecule has 0 bridgehead atoms. The topological polar surface area (TPSA) is 64.6 Å². The van der Waals surface area contributed by atoms with Crippen LogP contribution >= 0.6 is 0 Å². The van der Waals surface area contributed by atoms with E-state index in [1.807, 2.05) is 0 Å². The third-order valence-corrected chi connectivity index (χ3v) is 3.52. The number of rotatable bonds is 9. The second-order valence-electron chi connectivity index (χ2n) is 5.35. The average molecular weight is 363 g/mol. The Hall–Kier alpha value is -2.96. The van der Waals surface area contributed by atoms with Gasteiger partial charge in [-0.15, -0.1) is 0 Å². The van der Waals surface area contributed by atoms with Crippen LogP contribution in [0.15, 0.2) is 36.4 Å². The second-order valence-corrected chi connectivity index (χ2v) is 5.35. The molecule has 138 valence electrons. The quantitative estimate of drug-likeness (QED) is 0.696. The van der Waals surface area contributed by atoms with E-state index in [1.165, 1.54) is 30.3 Å². The van der Waals surface area contributed by atoms with E-state index >= 15 is 0 Å². The molecule has 0 saturated heterocycles. The van der Waals surface area contributed by atoms with E-state index in [4.69, 9.17) is 9.47 Å². The molecule has 0 aliphatic heterocycles. The van der Waals surface area contributed by atoms with Crippen molar-refractivity contribution in [2.75, 3.05) is 19.8 Å². The molecule has 1 N–H and O–H groups in total. The van der Waals surface area contributed by atoms with Gasteiger partial charge in [0.15, 0.2) is 18.1 Å². The Morgan fingerprint density at radius 2 is 1.85 bits per heavy atom. The lowest BCUT2D eigenvalue weighted by atomic mass is 10.1. The summed E-state index contributed by atoms with van der Waals surface area (Å²) in [6.45, 7) is 1.94. The summed E-state index contributed by atoms with van der Waals surface area (Å²) in [4.78, 5) is 22.7. The standard InChI is InChI=1S/C19H19F2NO4/c1-2-25-18-10-13(11-23)6-7-17(18)26-12-19(24)22-9-8-14-15(20)4-3-5-16(14)21/h3-7,10-11H,2,8-9,12H2,1H3,(H,22,24). The maximum atomic E-state index is 13.5. The molecular weight excluding hydrogens is 344 g/mol. The molecule has 0 atom stereocenters. The minimum Gasteiger partial charge on any atom is -0.490 e. The van der Waals surface area contributed by atoms with Crippen LogP contribution in [-0.2, 0) is 11.2 Å². The maximum Gasteiger partial charge on any atom is 0.257 e. The SMILES string of the molecule is CCOc1cc(C=O)ccc1OCC(=O)NCCc1c(F)cccc1F. The Labute approximate surface area is 149 Å². The normalized spacial score (nSPS) is 10.3. The first-order chi connectivity index (χ1) is 12.5. The molecule has 5 nitrogen and oxygen atoms in total. The second kappa shape index (κ2) is 9.50. The number of carbonyl (C=O) groups excluding carboxylic acids is 2. The Kier molecular flexibility index (Phi) is 7.08. The van der Waals surface area contributed by atoms with Crippen LogP contribution in [0.4, 0.5) is 8.78 Å². The molecule has 0 aromatic heterocycles. The fraction of sp³-hybridized carbons (Fsp3) is 0.263. The lowest BCUT2D eigenvalue weighted by Crippen LogP contribution is -2.31. The molecule has 0 aliphatic rings. The van der Waals surface area contributed by atoms with Crippen LogP contribution in [0.2, 0.25) is 0 Å². The number of hydrogen-bond donors (Lipinski definition) is 1. The van der Waals surface area contributed by atoms with Crippen LogP contribution in [0.3, 0.4) is 0 Å². The third kappa shape index (κ3) is 5.27. The summed E-state index contributed by atoms with van der Waals surface area (Å²) in [5.41, 5.74) is 0.356. The van der Waals surface area contributed by atoms with E-state index in [2.05, 4.69) is 5.32 Å². The van der Waals surface area contributed by atoms with E-state index in [0.717, 1.165) is 0 Å². The van der Waals surface area contributed by atoms with Crippen molar-refractivity contribution in [3.63, 3.8) is 0 Å². The number of carbonyl (C=O) groups is 2. The number of hydrogen-bond acceptors (Lipinski definition) is 4. The van der Waals surface area contributed by atoms with Crippen molar-refractivity contribution in [3.05, 3.63) is 59.2 Å². The van der Waals surface area contributed by atoms with Crippen molar-refractivity contribution in [1.29, 1.82) is 0 Å². The van der Waals surface area contributed by atoms with Gasteiger partial charge in [-0.05, 0) is 43.7 Å². The van der Waals surface area contributed by atoms with Crippen LogP contribution < -0.4 is 14.8 Å². The van der Waals surface area contributed by atoms with E-state index in [9.17, 15) is 18.4 Å². The summed E-state index contributed by atoms with van der Waals surface area (Å²) in [5.74, 6) is -1.05. The number of nitrogens with one attached hydrogen (secondary N) is 1. The minimum atomic E-state index is -0.646. The molecule has 0 heterocycles. The molecule has 1 amide bonds. The molecule has 0 radical (unpaired) electrons. The smallest absolute Gasteiger partial charge is 0.257 e. The van der Waals surface area contributed by atoms with Crippen LogP contribution in [0.25, 0.3) is 0 Å². The Balaban J connectivity index is 1.86. The van der Waals surface area contributed by atoms with Gasteiger partial charge in [0, 0.05) is 17.7 Å². The highest BCUT2D eigenvalue weighted by Gasteiger charge is 2.11. The fourth-order valence-electron chi connectivity index (χ4n) is 2.28. The largest absolute Gasteiger partial charge is 0.490 e. The van der Waals surface area contributed by atoms with Gasteiger partial charge in [-0.1, -0.05) is 6.07 Å². The summed E-state index contributed by atoms with van der Waals surface area (Å²) < 4.78 is 37.8. The molecule has 0 fully saturated rings. The summed E-state index contributed by atoms with van der Waals surface area (Å²) >= 11 is 0. The molecule has 0 saturated carbocycles. The zero-order valence-electron chi connectivity index (χ0n) is 14.3. The van der Waals surface area contributed by atoms with Gasteiger partial charge in [-0.2, -0.15) is 0 Å². The van der Waals surface area contributed by atoms with Crippen LogP contribution in [0.5, 0.6) is 11.5 Å². The van der Waals surface area contributed by atoms with Gasteiger partial charge in [0.05, 0.1) is 6.61 Å². The summed E-state index contributed by atoms with van der Waals surface area (Å²) in [7, 11) is 0. The lowest BCUT2D eigenvalue weighted by molar-refractivity contribution is -0.123. The Morgan fingerprint density at radius 1 is 1.12 bits per heavy atom. The first-order valence-electron chi connectivity index (χ1n) is 8.09. The molecule has 2 rings (SSSR count). The Bertz CT molecular complexity index is 760. The predicted molar refractivity (Wildman–Crippen MR) is 91.6 cm³/mol. The third-order valence-electron chi connectivity index (χ3n) is 3.52.